The van der Waals surface area contributed by atoms with E-state index in [0.717, 1.165) is 5.56 Å². The highest BCUT2D eigenvalue weighted by atomic mass is 28.4. The van der Waals surface area contributed by atoms with Crippen molar-refractivity contribution in [3.05, 3.63) is 36.4 Å². The van der Waals surface area contributed by atoms with Crippen LogP contribution in [0.3, 0.4) is 0 Å². The van der Waals surface area contributed by atoms with E-state index in [4.69, 9.17) is 23.4 Å². The molecule has 0 spiro atoms. The summed E-state index contributed by atoms with van der Waals surface area (Å²) >= 11 is 0. The minimum atomic E-state index is -2.11. The van der Waals surface area contributed by atoms with Gasteiger partial charge in [-0.1, -0.05) is 46.8 Å². The molecule has 1 N–H and O–H groups in total. The Hall–Kier alpha value is -1.38. The summed E-state index contributed by atoms with van der Waals surface area (Å²) in [5, 5.41) is 11.1. The van der Waals surface area contributed by atoms with Crippen molar-refractivity contribution < 1.29 is 28.5 Å². The molecule has 6 atom stereocenters. The van der Waals surface area contributed by atoms with E-state index >= 15 is 0 Å². The van der Waals surface area contributed by atoms with Crippen LogP contribution in [0.2, 0.25) is 18.1 Å². The summed E-state index contributed by atoms with van der Waals surface area (Å²) < 4.78 is 29.4. The van der Waals surface area contributed by atoms with Crippen LogP contribution in [0, 0.1) is 11.8 Å². The fourth-order valence-corrected chi connectivity index (χ4v) is 5.16. The molecule has 0 aliphatic rings. The van der Waals surface area contributed by atoms with Crippen LogP contribution in [0.15, 0.2) is 30.9 Å². The molecule has 0 unspecified atom stereocenters. The Balaban J connectivity index is 3.11. The second-order valence-electron chi connectivity index (χ2n) is 10.7. The summed E-state index contributed by atoms with van der Waals surface area (Å²) in [5.74, 6) is 1.21. The van der Waals surface area contributed by atoms with Crippen molar-refractivity contribution in [3.8, 4) is 11.5 Å². The molecule has 196 valence electrons. The number of aliphatic hydroxyl groups is 1. The summed E-state index contributed by atoms with van der Waals surface area (Å²) in [5.41, 5.74) is 0.998. The third kappa shape index (κ3) is 7.82. The molecule has 1 rings (SSSR count). The molecule has 0 fully saturated rings. The fourth-order valence-electron chi connectivity index (χ4n) is 3.70. The van der Waals surface area contributed by atoms with Crippen LogP contribution in [0.4, 0.5) is 0 Å². The van der Waals surface area contributed by atoms with E-state index in [0.29, 0.717) is 18.1 Å². The van der Waals surface area contributed by atoms with Crippen molar-refractivity contribution in [3.63, 3.8) is 0 Å². The zero-order valence-electron chi connectivity index (χ0n) is 23.2. The summed E-state index contributed by atoms with van der Waals surface area (Å²) in [7, 11) is 2.72. The Morgan fingerprint density at radius 3 is 2.06 bits per heavy atom. The lowest BCUT2D eigenvalue weighted by molar-refractivity contribution is -0.0850. The van der Waals surface area contributed by atoms with Gasteiger partial charge in [-0.05, 0) is 42.8 Å². The number of ether oxygens (including phenoxy) is 4. The average molecular weight is 497 g/mol. The standard InChI is InChI=1S/C27H48O6Si/c1-13-22(29-8)25(28)19(3)26(33-34(11,12)27(5,6)7)18(2)20(4)32-17-21-14-15-23(30-9)24(16-21)31-10/h13-16,18-20,22,25-26,28H,1,17H2,2-12H3/t18-,19-,20-,22+,25-,26+/m1/s1. The minimum Gasteiger partial charge on any atom is -0.493 e. The Bertz CT molecular complexity index is 760. The lowest BCUT2D eigenvalue weighted by Crippen LogP contribution is -2.52. The quantitative estimate of drug-likeness (QED) is 0.258. The first-order chi connectivity index (χ1) is 15.7. The van der Waals surface area contributed by atoms with Crippen molar-refractivity contribution in [1.29, 1.82) is 0 Å². The molecule has 0 bridgehead atoms. The van der Waals surface area contributed by atoms with Crippen LogP contribution in [-0.4, -0.2) is 59.2 Å². The summed E-state index contributed by atoms with van der Waals surface area (Å²) in [6, 6.07) is 5.79. The molecule has 0 aliphatic heterocycles. The summed E-state index contributed by atoms with van der Waals surface area (Å²) in [4.78, 5) is 0. The Morgan fingerprint density at radius 2 is 1.59 bits per heavy atom. The van der Waals surface area contributed by atoms with E-state index < -0.39 is 20.5 Å². The predicted molar refractivity (Wildman–Crippen MR) is 141 cm³/mol. The van der Waals surface area contributed by atoms with Gasteiger partial charge in [0.15, 0.2) is 19.8 Å². The molecule has 0 aromatic heterocycles. The topological polar surface area (TPSA) is 66.4 Å². The number of aliphatic hydroxyl groups excluding tert-OH is 1. The monoisotopic (exact) mass is 496 g/mol. The molecule has 7 heteroatoms. The molecule has 1 aromatic rings. The average Bonchev–Trinajstić information content (AvgIpc) is 2.79. The maximum Gasteiger partial charge on any atom is 0.192 e. The number of benzene rings is 1. The van der Waals surface area contributed by atoms with Crippen LogP contribution in [-0.2, 0) is 20.5 Å². The van der Waals surface area contributed by atoms with E-state index in [1.165, 1.54) is 0 Å². The van der Waals surface area contributed by atoms with Crippen molar-refractivity contribution >= 4 is 8.32 Å². The van der Waals surface area contributed by atoms with Gasteiger partial charge in [0.05, 0.1) is 39.1 Å². The van der Waals surface area contributed by atoms with Crippen LogP contribution >= 0.6 is 0 Å². The van der Waals surface area contributed by atoms with E-state index in [1.807, 2.05) is 25.1 Å². The Labute approximate surface area is 208 Å². The van der Waals surface area contributed by atoms with E-state index in [2.05, 4.69) is 54.3 Å². The van der Waals surface area contributed by atoms with Gasteiger partial charge in [-0.2, -0.15) is 0 Å². The first-order valence-corrected chi connectivity index (χ1v) is 15.0. The second kappa shape index (κ2) is 13.1. The Morgan fingerprint density at radius 1 is 1.00 bits per heavy atom. The highest BCUT2D eigenvalue weighted by Crippen LogP contribution is 2.40. The maximum atomic E-state index is 11.1. The Kier molecular flexibility index (Phi) is 11.8. The molecule has 0 heterocycles. The van der Waals surface area contributed by atoms with E-state index in [1.54, 1.807) is 27.4 Å². The summed E-state index contributed by atoms with van der Waals surface area (Å²) in [6.07, 6.45) is 0.122. The first kappa shape index (κ1) is 30.6. The van der Waals surface area contributed by atoms with Gasteiger partial charge in [0.25, 0.3) is 0 Å². The van der Waals surface area contributed by atoms with Gasteiger partial charge in [-0.15, -0.1) is 6.58 Å². The molecule has 1 aromatic carbocycles. The van der Waals surface area contributed by atoms with Crippen LogP contribution in [0.1, 0.15) is 47.1 Å². The number of hydrogen-bond donors (Lipinski definition) is 1. The molecular weight excluding hydrogens is 448 g/mol. The van der Waals surface area contributed by atoms with Crippen LogP contribution in [0.25, 0.3) is 0 Å². The smallest absolute Gasteiger partial charge is 0.192 e. The highest BCUT2D eigenvalue weighted by Gasteiger charge is 2.44. The van der Waals surface area contributed by atoms with Crippen molar-refractivity contribution in [2.45, 2.75) is 90.7 Å². The summed E-state index contributed by atoms with van der Waals surface area (Å²) in [6.45, 7) is 21.6. The highest BCUT2D eigenvalue weighted by molar-refractivity contribution is 6.74. The lowest BCUT2D eigenvalue weighted by Gasteiger charge is -2.45. The lowest BCUT2D eigenvalue weighted by atomic mass is 9.84. The van der Waals surface area contributed by atoms with Gasteiger partial charge in [0.2, 0.25) is 0 Å². The van der Waals surface area contributed by atoms with Gasteiger partial charge in [-0.25, -0.2) is 0 Å². The minimum absolute atomic E-state index is 0.0289. The van der Waals surface area contributed by atoms with Gasteiger partial charge in [-0.3, -0.25) is 0 Å². The zero-order chi connectivity index (χ0) is 26.3. The molecular formula is C27H48O6Si. The van der Waals surface area contributed by atoms with Crippen molar-refractivity contribution in [2.75, 3.05) is 21.3 Å². The largest absolute Gasteiger partial charge is 0.493 e. The second-order valence-corrected chi connectivity index (χ2v) is 15.4. The third-order valence-corrected chi connectivity index (χ3v) is 11.8. The zero-order valence-corrected chi connectivity index (χ0v) is 24.2. The van der Waals surface area contributed by atoms with Crippen molar-refractivity contribution in [2.24, 2.45) is 11.8 Å². The molecule has 6 nitrogen and oxygen atoms in total. The number of hydrogen-bond acceptors (Lipinski definition) is 6. The number of rotatable bonds is 14. The molecule has 0 amide bonds. The molecule has 0 saturated carbocycles. The first-order valence-electron chi connectivity index (χ1n) is 12.1. The van der Waals surface area contributed by atoms with Gasteiger partial charge in [0.1, 0.15) is 6.10 Å². The van der Waals surface area contributed by atoms with E-state index in [9.17, 15) is 5.11 Å². The van der Waals surface area contributed by atoms with Crippen LogP contribution < -0.4 is 9.47 Å². The van der Waals surface area contributed by atoms with Gasteiger partial charge < -0.3 is 28.5 Å². The van der Waals surface area contributed by atoms with E-state index in [-0.39, 0.29) is 29.1 Å². The SMILES string of the molecule is C=C[C@H](OC)[C@H](O)[C@@H](C)[C@@H](O[Si](C)(C)C(C)(C)C)[C@H](C)[C@@H](C)OCc1ccc(OC)c(OC)c1. The van der Waals surface area contributed by atoms with Crippen molar-refractivity contribution in [1.82, 2.24) is 0 Å². The number of methoxy groups -OCH3 is 3. The molecule has 0 aliphatic carbocycles. The normalized spacial score (nSPS) is 17.9. The fraction of sp³-hybridized carbons (Fsp3) is 0.704. The van der Waals surface area contributed by atoms with Gasteiger partial charge >= 0.3 is 0 Å². The predicted octanol–water partition coefficient (Wildman–Crippen LogP) is 5.83. The van der Waals surface area contributed by atoms with Gasteiger partial charge in [0, 0.05) is 18.9 Å². The molecule has 0 saturated heterocycles. The van der Waals surface area contributed by atoms with Crippen LogP contribution in [0.5, 0.6) is 11.5 Å². The molecule has 34 heavy (non-hydrogen) atoms. The maximum absolute atomic E-state index is 11.1. The third-order valence-electron chi connectivity index (χ3n) is 7.35. The molecule has 0 radical (unpaired) electrons.